The van der Waals surface area contributed by atoms with E-state index in [-0.39, 0.29) is 75.7 Å². The van der Waals surface area contributed by atoms with Crippen molar-refractivity contribution >= 4 is 73.4 Å². The number of benzene rings is 1. The summed E-state index contributed by atoms with van der Waals surface area (Å²) in [7, 11) is -4.70. The van der Waals surface area contributed by atoms with Crippen molar-refractivity contribution in [2.45, 2.75) is 44.4 Å². The molecule has 0 aliphatic heterocycles. The van der Waals surface area contributed by atoms with Gasteiger partial charge in [-0.3, -0.25) is 4.55 Å². The summed E-state index contributed by atoms with van der Waals surface area (Å²) in [5.41, 5.74) is -0.387. The molecule has 0 spiro atoms. The monoisotopic (exact) mass is 397 g/mol. The zero-order chi connectivity index (χ0) is 18.2. The van der Waals surface area contributed by atoms with Gasteiger partial charge in [0.05, 0.1) is 24.3 Å². The van der Waals surface area contributed by atoms with Gasteiger partial charge < -0.3 is 9.47 Å². The fourth-order valence-corrected chi connectivity index (χ4v) is 2.52. The molecule has 25 heavy (non-hydrogen) atoms. The summed E-state index contributed by atoms with van der Waals surface area (Å²) in [5.74, 6) is -1.60. The number of carbonyl (C=O) groups is 2. The zero-order valence-electron chi connectivity index (χ0n) is 14.8. The first-order chi connectivity index (χ1) is 11.3. The van der Waals surface area contributed by atoms with Crippen molar-refractivity contribution in [1.29, 1.82) is 0 Å². The van der Waals surface area contributed by atoms with E-state index in [4.69, 9.17) is 9.47 Å². The fourth-order valence-electron chi connectivity index (χ4n) is 1.81. The van der Waals surface area contributed by atoms with E-state index in [0.717, 1.165) is 25.0 Å². The van der Waals surface area contributed by atoms with Gasteiger partial charge >= 0.3 is 11.9 Å². The fraction of sp³-hybridized carbons (Fsp3) is 0.500. The first-order valence-corrected chi connectivity index (χ1v) is 9.21. The second-order valence-corrected chi connectivity index (χ2v) is 6.55. The Morgan fingerprint density at radius 2 is 1.52 bits per heavy atom. The molecule has 0 aliphatic carbocycles. The molecule has 0 unspecified atom stereocenters. The maximum Gasteiger partial charge on any atom is 0.339 e. The molecule has 9 heteroatoms. The van der Waals surface area contributed by atoms with Crippen LogP contribution in [-0.4, -0.2) is 89.5 Å². The minimum atomic E-state index is -4.70. The van der Waals surface area contributed by atoms with Crippen LogP contribution in [0.5, 0.6) is 0 Å². The van der Waals surface area contributed by atoms with Crippen LogP contribution in [0.4, 0.5) is 0 Å². The van der Waals surface area contributed by atoms with Crippen molar-refractivity contribution in [3.8, 4) is 0 Å². The number of hydrogen-bond acceptors (Lipinski definition) is 6. The van der Waals surface area contributed by atoms with Crippen LogP contribution in [0.1, 0.15) is 60.2 Å². The van der Waals surface area contributed by atoms with Crippen LogP contribution in [0.2, 0.25) is 0 Å². The Morgan fingerprint density at radius 3 is 2.00 bits per heavy atom. The van der Waals surface area contributed by atoms with Crippen molar-refractivity contribution in [3.05, 3.63) is 29.3 Å². The smallest absolute Gasteiger partial charge is 0.339 e. The van der Waals surface area contributed by atoms with Crippen molar-refractivity contribution in [3.63, 3.8) is 0 Å². The van der Waals surface area contributed by atoms with Crippen LogP contribution in [-0.2, 0) is 19.6 Å². The summed E-state index contributed by atoms with van der Waals surface area (Å²) in [5, 5.41) is 0. The zero-order valence-corrected chi connectivity index (χ0v) is 18.7. The third-order valence-electron chi connectivity index (χ3n) is 3.18. The number of hydrogen-bond donors (Lipinski definition) is 1. The summed E-state index contributed by atoms with van der Waals surface area (Å²) < 4.78 is 42.3. The quantitative estimate of drug-likeness (QED) is 0.295. The first kappa shape index (κ1) is 24.7. The topological polar surface area (TPSA) is 107 Å². The van der Waals surface area contributed by atoms with Gasteiger partial charge in [-0.15, -0.1) is 0 Å². The van der Waals surface area contributed by atoms with E-state index in [1.807, 2.05) is 13.8 Å². The number of ether oxygens (including phenoxy) is 2. The molecule has 1 aromatic carbocycles. The van der Waals surface area contributed by atoms with Crippen molar-refractivity contribution in [1.82, 2.24) is 0 Å². The molecule has 135 valence electrons. The van der Waals surface area contributed by atoms with Crippen molar-refractivity contribution < 1.29 is 32.0 Å². The molecule has 1 N–H and O–H groups in total. The second kappa shape index (κ2) is 12.2. The Hall–Kier alpha value is -0.294. The van der Waals surface area contributed by atoms with E-state index in [0.29, 0.717) is 12.8 Å². The van der Waals surface area contributed by atoms with E-state index >= 15 is 0 Å². The normalized spacial score (nSPS) is 10.7. The number of unbranched alkanes of at least 4 members (excludes halogenated alkanes) is 2. The summed E-state index contributed by atoms with van der Waals surface area (Å²) in [6.07, 6.45) is 2.96. The van der Waals surface area contributed by atoms with E-state index in [2.05, 4.69) is 0 Å². The summed E-state index contributed by atoms with van der Waals surface area (Å²) in [6, 6.07) is 3.31. The maximum atomic E-state index is 12.0. The third kappa shape index (κ3) is 8.29. The molecule has 0 atom stereocenters. The van der Waals surface area contributed by atoms with Crippen LogP contribution in [0.25, 0.3) is 0 Å². The molecule has 0 aliphatic rings. The Bertz CT molecular complexity index is 686. The van der Waals surface area contributed by atoms with E-state index in [1.54, 1.807) is 0 Å². The predicted octanol–water partition coefficient (Wildman–Crippen LogP) is 2.47. The average molecular weight is 398 g/mol. The molecule has 0 fully saturated rings. The van der Waals surface area contributed by atoms with Crippen LogP contribution in [0.15, 0.2) is 23.1 Å². The van der Waals surface area contributed by atoms with Crippen LogP contribution < -0.4 is 0 Å². The molecule has 0 saturated carbocycles. The average Bonchev–Trinajstić information content (AvgIpc) is 2.53. The summed E-state index contributed by atoms with van der Waals surface area (Å²) in [4.78, 5) is 23.2. The van der Waals surface area contributed by atoms with Gasteiger partial charge in [0.25, 0.3) is 10.1 Å². The molecule has 0 aromatic heterocycles. The standard InChI is InChI=1S/C16H22O7S.K/c1-3-5-9-22-15(17)12-7-8-13(14(11-12)24(19,20)21)16(18)23-10-6-4-2;/h7-8,11H,3-6,9-10H2,1-2H3,(H,19,20,21);. The molecule has 0 amide bonds. The van der Waals surface area contributed by atoms with Gasteiger partial charge in [0.1, 0.15) is 4.90 Å². The molecule has 0 heterocycles. The second-order valence-electron chi connectivity index (χ2n) is 5.16. The summed E-state index contributed by atoms with van der Waals surface area (Å²) >= 11 is 0. The van der Waals surface area contributed by atoms with E-state index in [9.17, 15) is 22.6 Å². The van der Waals surface area contributed by atoms with E-state index in [1.165, 1.54) is 6.07 Å². The van der Waals surface area contributed by atoms with Gasteiger partial charge in [0, 0.05) is 51.4 Å². The van der Waals surface area contributed by atoms with Gasteiger partial charge in [0.2, 0.25) is 0 Å². The molecular formula is C16H22KO7S. The molecule has 1 aromatic rings. The Balaban J connectivity index is 0.00000576. The van der Waals surface area contributed by atoms with Crippen LogP contribution >= 0.6 is 0 Å². The molecule has 1 radical (unpaired) electrons. The molecule has 1 rings (SSSR count). The summed E-state index contributed by atoms with van der Waals surface area (Å²) in [6.45, 7) is 4.19. The number of carbonyl (C=O) groups excluding carboxylic acids is 2. The van der Waals surface area contributed by atoms with Gasteiger partial charge in [-0.25, -0.2) is 9.59 Å². The minimum Gasteiger partial charge on any atom is -0.462 e. The third-order valence-corrected chi connectivity index (χ3v) is 4.07. The predicted molar refractivity (Wildman–Crippen MR) is 92.4 cm³/mol. The van der Waals surface area contributed by atoms with Crippen molar-refractivity contribution in [2.24, 2.45) is 0 Å². The Kier molecular flexibility index (Phi) is 12.0. The van der Waals surface area contributed by atoms with Crippen LogP contribution in [0, 0.1) is 0 Å². The van der Waals surface area contributed by atoms with Crippen molar-refractivity contribution in [2.75, 3.05) is 13.2 Å². The molecule has 7 nitrogen and oxygen atoms in total. The number of rotatable bonds is 9. The SMILES string of the molecule is CCCCOC(=O)c1ccc(C(=O)OCCCC)c(S(=O)(=O)O)c1.[K]. The maximum absolute atomic E-state index is 12.0. The Morgan fingerprint density at radius 1 is 1.00 bits per heavy atom. The van der Waals surface area contributed by atoms with Gasteiger partial charge in [-0.1, -0.05) is 26.7 Å². The van der Waals surface area contributed by atoms with Gasteiger partial charge in [0.15, 0.2) is 0 Å². The van der Waals surface area contributed by atoms with Gasteiger partial charge in [-0.2, -0.15) is 8.42 Å². The van der Waals surface area contributed by atoms with Gasteiger partial charge in [-0.05, 0) is 31.0 Å². The number of esters is 2. The first-order valence-electron chi connectivity index (χ1n) is 7.77. The molecule has 0 saturated heterocycles. The van der Waals surface area contributed by atoms with E-state index < -0.39 is 27.0 Å². The van der Waals surface area contributed by atoms with Crippen LogP contribution in [0.3, 0.4) is 0 Å². The largest absolute Gasteiger partial charge is 0.462 e. The molecule has 0 bridgehead atoms. The Labute approximate surface area is 190 Å². The minimum absolute atomic E-state index is 0. The molecular weight excluding hydrogens is 375 g/mol.